The molecule has 1 aliphatic rings. The molecule has 6 nitrogen and oxygen atoms in total. The van der Waals surface area contributed by atoms with Gasteiger partial charge < -0.3 is 14.4 Å². The Labute approximate surface area is 173 Å². The molecule has 0 fully saturated rings. The minimum absolute atomic E-state index is 0.0305. The van der Waals surface area contributed by atoms with Crippen molar-refractivity contribution in [2.24, 2.45) is 4.99 Å². The topological polar surface area (TPSA) is 56.1 Å². The van der Waals surface area contributed by atoms with Gasteiger partial charge in [-0.3, -0.25) is 9.36 Å². The lowest BCUT2D eigenvalue weighted by Crippen LogP contribution is -2.42. The summed E-state index contributed by atoms with van der Waals surface area (Å²) in [5, 5.41) is 0. The fraction of sp³-hybridized carbons (Fsp3) is 0.273. The van der Waals surface area contributed by atoms with Gasteiger partial charge in [-0.2, -0.15) is 0 Å². The van der Waals surface area contributed by atoms with Crippen LogP contribution in [0.5, 0.6) is 11.5 Å². The molecular weight excluding hydrogens is 386 g/mol. The summed E-state index contributed by atoms with van der Waals surface area (Å²) in [6.45, 7) is 5.23. The molecule has 3 aromatic rings. The summed E-state index contributed by atoms with van der Waals surface area (Å²) in [6.07, 6.45) is 1.87. The van der Waals surface area contributed by atoms with Gasteiger partial charge >= 0.3 is 0 Å². The van der Waals surface area contributed by atoms with Crippen molar-refractivity contribution in [3.63, 3.8) is 0 Å². The van der Waals surface area contributed by atoms with E-state index in [2.05, 4.69) is 41.9 Å². The number of aryl methyl sites for hydroxylation is 2. The molecule has 0 saturated heterocycles. The monoisotopic (exact) mass is 409 g/mol. The summed E-state index contributed by atoms with van der Waals surface area (Å²) in [4.78, 5) is 20.5. The minimum atomic E-state index is -0.0305. The first-order valence-electron chi connectivity index (χ1n) is 9.30. The van der Waals surface area contributed by atoms with E-state index in [1.165, 1.54) is 22.5 Å². The van der Waals surface area contributed by atoms with Crippen LogP contribution in [0.3, 0.4) is 0 Å². The molecule has 2 aromatic carbocycles. The number of benzene rings is 2. The van der Waals surface area contributed by atoms with Crippen molar-refractivity contribution in [2.45, 2.75) is 20.5 Å². The maximum atomic E-state index is 13.0. The second-order valence-electron chi connectivity index (χ2n) is 6.99. The van der Waals surface area contributed by atoms with Gasteiger partial charge in [-0.25, -0.2) is 4.99 Å². The second-order valence-corrected chi connectivity index (χ2v) is 8.00. The van der Waals surface area contributed by atoms with E-state index in [0.717, 1.165) is 16.1 Å². The zero-order valence-electron chi connectivity index (χ0n) is 16.9. The van der Waals surface area contributed by atoms with Crippen LogP contribution in [0, 0.1) is 13.8 Å². The molecule has 4 rings (SSSR count). The largest absolute Gasteiger partial charge is 0.493 e. The first-order valence-corrected chi connectivity index (χ1v) is 10.1. The lowest BCUT2D eigenvalue weighted by atomic mass is 10.1. The third-order valence-corrected chi connectivity index (χ3v) is 6.18. The van der Waals surface area contributed by atoms with Gasteiger partial charge in [0, 0.05) is 5.69 Å². The Hall–Kier alpha value is -3.06. The smallest absolute Gasteiger partial charge is 0.271 e. The van der Waals surface area contributed by atoms with Gasteiger partial charge in [-0.15, -0.1) is 0 Å². The van der Waals surface area contributed by atoms with Gasteiger partial charge in [0.1, 0.15) is 13.3 Å². The van der Waals surface area contributed by atoms with Gasteiger partial charge in [0.15, 0.2) is 16.3 Å². The molecular formula is C22H23N3O3S. The second kappa shape index (κ2) is 7.75. The molecule has 0 atom stereocenters. The third kappa shape index (κ3) is 3.65. The molecule has 0 N–H and O–H groups in total. The van der Waals surface area contributed by atoms with Gasteiger partial charge in [0.2, 0.25) is 0 Å². The molecule has 150 valence electrons. The van der Waals surface area contributed by atoms with Crippen molar-refractivity contribution in [1.29, 1.82) is 0 Å². The molecule has 1 aliphatic heterocycles. The summed E-state index contributed by atoms with van der Waals surface area (Å²) >= 11 is 1.41. The highest BCUT2D eigenvalue weighted by Gasteiger charge is 2.16. The fourth-order valence-electron chi connectivity index (χ4n) is 3.29. The highest BCUT2D eigenvalue weighted by atomic mass is 32.1. The van der Waals surface area contributed by atoms with E-state index in [1.54, 1.807) is 18.8 Å². The number of thiazole rings is 1. The number of fused-ring (bicyclic) bond motifs is 1. The van der Waals surface area contributed by atoms with E-state index in [-0.39, 0.29) is 5.56 Å². The van der Waals surface area contributed by atoms with Crippen LogP contribution in [0.25, 0.3) is 6.08 Å². The van der Waals surface area contributed by atoms with Crippen molar-refractivity contribution in [3.8, 4) is 11.5 Å². The Morgan fingerprint density at radius 2 is 1.83 bits per heavy atom. The van der Waals surface area contributed by atoms with Crippen molar-refractivity contribution in [3.05, 3.63) is 72.8 Å². The number of aromatic nitrogens is 1. The van der Waals surface area contributed by atoms with E-state index in [0.29, 0.717) is 29.4 Å². The van der Waals surface area contributed by atoms with Crippen molar-refractivity contribution in [1.82, 2.24) is 4.57 Å². The molecule has 0 bridgehead atoms. The number of nitrogens with zero attached hydrogens (tertiary/aromatic N) is 3. The Balaban J connectivity index is 1.69. The average molecular weight is 410 g/mol. The van der Waals surface area contributed by atoms with E-state index in [4.69, 9.17) is 9.47 Å². The first kappa shape index (κ1) is 19.3. The Morgan fingerprint density at radius 1 is 1.03 bits per heavy atom. The SMILES string of the molecule is COc1ccc(/C=c2\sc3n(c2=O)CN(c2ccc(C)c(C)c2)CN=3)cc1OC. The van der Waals surface area contributed by atoms with E-state index in [1.807, 2.05) is 24.3 Å². The number of methoxy groups -OCH3 is 2. The average Bonchev–Trinajstić information content (AvgIpc) is 3.04. The fourth-order valence-corrected chi connectivity index (χ4v) is 4.25. The van der Waals surface area contributed by atoms with Gasteiger partial charge in [-0.1, -0.05) is 23.5 Å². The molecule has 2 heterocycles. The van der Waals surface area contributed by atoms with E-state index >= 15 is 0 Å². The number of anilines is 1. The first-order chi connectivity index (χ1) is 14.0. The summed E-state index contributed by atoms with van der Waals surface area (Å²) in [5.41, 5.74) is 4.41. The van der Waals surface area contributed by atoms with Gasteiger partial charge in [0.25, 0.3) is 5.56 Å². The molecule has 0 amide bonds. The van der Waals surface area contributed by atoms with E-state index in [9.17, 15) is 4.79 Å². The van der Waals surface area contributed by atoms with Crippen LogP contribution in [-0.2, 0) is 6.67 Å². The summed E-state index contributed by atoms with van der Waals surface area (Å²) in [6, 6.07) is 11.9. The highest BCUT2D eigenvalue weighted by molar-refractivity contribution is 7.07. The lowest BCUT2D eigenvalue weighted by Gasteiger charge is -2.26. The third-order valence-electron chi connectivity index (χ3n) is 5.14. The predicted octanol–water partition coefficient (Wildman–Crippen LogP) is 2.43. The molecule has 0 radical (unpaired) electrons. The molecule has 0 unspecified atom stereocenters. The van der Waals surface area contributed by atoms with Gasteiger partial charge in [-0.05, 0) is 60.9 Å². The minimum Gasteiger partial charge on any atom is -0.493 e. The Kier molecular flexibility index (Phi) is 5.15. The predicted molar refractivity (Wildman–Crippen MR) is 116 cm³/mol. The van der Waals surface area contributed by atoms with Crippen LogP contribution in [0.15, 0.2) is 46.2 Å². The standard InChI is InChI=1S/C22H23N3O3S/c1-14-5-7-17(9-15(14)2)24-12-23-22-25(13-24)21(26)20(29-22)11-16-6-8-18(27-3)19(10-16)28-4/h5-11H,12-13H2,1-4H3/b20-11-. The van der Waals surface area contributed by atoms with Crippen molar-refractivity contribution in [2.75, 3.05) is 25.8 Å². The lowest BCUT2D eigenvalue weighted by molar-refractivity contribution is 0.355. The summed E-state index contributed by atoms with van der Waals surface area (Å²) in [5.74, 6) is 1.29. The number of hydrogen-bond acceptors (Lipinski definition) is 6. The number of rotatable bonds is 4. The molecule has 0 aliphatic carbocycles. The maximum Gasteiger partial charge on any atom is 0.271 e. The van der Waals surface area contributed by atoms with Crippen LogP contribution < -0.4 is 29.3 Å². The van der Waals surface area contributed by atoms with Crippen molar-refractivity contribution < 1.29 is 9.47 Å². The maximum absolute atomic E-state index is 13.0. The van der Waals surface area contributed by atoms with Crippen LogP contribution in [0.4, 0.5) is 5.69 Å². The molecule has 0 saturated carbocycles. The molecule has 1 aromatic heterocycles. The van der Waals surface area contributed by atoms with Crippen LogP contribution >= 0.6 is 11.3 Å². The van der Waals surface area contributed by atoms with E-state index < -0.39 is 0 Å². The van der Waals surface area contributed by atoms with Crippen LogP contribution in [0.1, 0.15) is 16.7 Å². The number of ether oxygens (including phenoxy) is 2. The van der Waals surface area contributed by atoms with Gasteiger partial charge in [0.05, 0.1) is 18.8 Å². The normalized spacial score (nSPS) is 13.8. The van der Waals surface area contributed by atoms with Crippen LogP contribution in [-0.4, -0.2) is 25.5 Å². The summed E-state index contributed by atoms with van der Waals surface area (Å²) in [7, 11) is 3.20. The van der Waals surface area contributed by atoms with Crippen molar-refractivity contribution >= 4 is 23.1 Å². The Morgan fingerprint density at radius 3 is 2.55 bits per heavy atom. The summed E-state index contributed by atoms with van der Waals surface area (Å²) < 4.78 is 13.0. The molecule has 29 heavy (non-hydrogen) atoms. The Bertz CT molecular complexity index is 1240. The zero-order chi connectivity index (χ0) is 20.5. The quantitative estimate of drug-likeness (QED) is 0.664. The number of hydrogen-bond donors (Lipinski definition) is 0. The molecule has 0 spiro atoms. The van der Waals surface area contributed by atoms with Crippen LogP contribution in [0.2, 0.25) is 0 Å². The zero-order valence-corrected chi connectivity index (χ0v) is 17.7. The highest BCUT2D eigenvalue weighted by Crippen LogP contribution is 2.27. The molecule has 7 heteroatoms.